The molecule has 1 atom stereocenters. The van der Waals surface area contributed by atoms with Gasteiger partial charge in [0.25, 0.3) is 5.56 Å². The van der Waals surface area contributed by atoms with E-state index in [2.05, 4.69) is 46.4 Å². The summed E-state index contributed by atoms with van der Waals surface area (Å²) in [6.07, 6.45) is 0. The Bertz CT molecular complexity index is 990. The number of fused-ring (bicyclic) bond motifs is 1. The number of rotatable bonds is 6. The monoisotopic (exact) mass is 398 g/mol. The lowest BCUT2D eigenvalue weighted by Crippen LogP contribution is -2.41. The maximum Gasteiger partial charge on any atom is 0.259 e. The van der Waals surface area contributed by atoms with Crippen LogP contribution in [0.3, 0.4) is 0 Å². The summed E-state index contributed by atoms with van der Waals surface area (Å²) in [4.78, 5) is 20.3. The van der Waals surface area contributed by atoms with Gasteiger partial charge in [-0.25, -0.2) is 4.98 Å². The van der Waals surface area contributed by atoms with Crippen molar-refractivity contribution in [1.29, 1.82) is 0 Å². The van der Waals surface area contributed by atoms with Crippen LogP contribution in [0.5, 0.6) is 0 Å². The first-order valence-corrected chi connectivity index (χ1v) is 10.5. The van der Waals surface area contributed by atoms with Crippen molar-refractivity contribution in [3.63, 3.8) is 0 Å². The van der Waals surface area contributed by atoms with Crippen LogP contribution in [0.1, 0.15) is 28.6 Å². The second-order valence-electron chi connectivity index (χ2n) is 7.34. The van der Waals surface area contributed by atoms with Gasteiger partial charge in [-0.05, 0) is 19.4 Å². The minimum Gasteiger partial charge on any atom is -0.379 e. The van der Waals surface area contributed by atoms with E-state index in [1.807, 2.05) is 12.3 Å². The molecule has 1 N–H and O–H groups in total. The van der Waals surface area contributed by atoms with Crippen LogP contribution in [-0.4, -0.2) is 47.1 Å². The fourth-order valence-electron chi connectivity index (χ4n) is 3.55. The molecule has 28 heavy (non-hydrogen) atoms. The van der Waals surface area contributed by atoms with Crippen molar-refractivity contribution in [1.82, 2.24) is 19.6 Å². The zero-order valence-corrected chi connectivity index (χ0v) is 17.2. The summed E-state index contributed by atoms with van der Waals surface area (Å²) in [7, 11) is 0. The molecule has 6 nitrogen and oxygen atoms in total. The van der Waals surface area contributed by atoms with Gasteiger partial charge in [0.05, 0.1) is 18.9 Å². The van der Waals surface area contributed by atoms with Gasteiger partial charge in [0.15, 0.2) is 4.96 Å². The number of nitrogens with one attached hydrogen (secondary N) is 1. The Balaban J connectivity index is 1.53. The average molecular weight is 399 g/mol. The molecule has 1 fully saturated rings. The molecule has 3 heterocycles. The molecular weight excluding hydrogens is 372 g/mol. The van der Waals surface area contributed by atoms with E-state index in [1.54, 1.807) is 10.5 Å². The molecule has 0 unspecified atom stereocenters. The first kappa shape index (κ1) is 19.3. The van der Waals surface area contributed by atoms with E-state index in [1.165, 1.54) is 22.5 Å². The Kier molecular flexibility index (Phi) is 5.87. The van der Waals surface area contributed by atoms with Gasteiger partial charge in [0.2, 0.25) is 0 Å². The molecule has 7 heteroatoms. The van der Waals surface area contributed by atoms with Gasteiger partial charge < -0.3 is 10.1 Å². The standard InChI is InChI=1S/C21H26N4O2S/c1-15-3-5-17(6-4-15)19(13-24-7-9-27-10-8-24)22-12-18-11-20(26)25-16(2)14-28-21(25)23-18/h3-6,11,14,19,22H,7-10,12-13H2,1-2H3/t19-/m1/s1. The molecule has 0 amide bonds. The first-order chi connectivity index (χ1) is 13.6. The molecule has 0 bridgehead atoms. The van der Waals surface area contributed by atoms with Crippen LogP contribution < -0.4 is 10.9 Å². The fourth-order valence-corrected chi connectivity index (χ4v) is 4.44. The van der Waals surface area contributed by atoms with Crippen LogP contribution in [0.4, 0.5) is 0 Å². The maximum absolute atomic E-state index is 12.4. The number of thiazole rings is 1. The van der Waals surface area contributed by atoms with Gasteiger partial charge >= 0.3 is 0 Å². The molecule has 0 radical (unpaired) electrons. The fraction of sp³-hybridized carbons (Fsp3) is 0.429. The number of morpholine rings is 1. The highest BCUT2D eigenvalue weighted by Gasteiger charge is 2.18. The Labute approximate surface area is 168 Å². The molecule has 0 saturated carbocycles. The molecule has 0 spiro atoms. The predicted molar refractivity (Wildman–Crippen MR) is 112 cm³/mol. The highest BCUT2D eigenvalue weighted by Crippen LogP contribution is 2.18. The predicted octanol–water partition coefficient (Wildman–Crippen LogP) is 2.54. The summed E-state index contributed by atoms with van der Waals surface area (Å²) >= 11 is 1.50. The van der Waals surface area contributed by atoms with E-state index in [-0.39, 0.29) is 11.6 Å². The largest absolute Gasteiger partial charge is 0.379 e. The van der Waals surface area contributed by atoms with Gasteiger partial charge in [-0.3, -0.25) is 14.1 Å². The van der Waals surface area contributed by atoms with Crippen molar-refractivity contribution >= 4 is 16.3 Å². The highest BCUT2D eigenvalue weighted by molar-refractivity contribution is 7.15. The zero-order valence-electron chi connectivity index (χ0n) is 16.4. The molecule has 2 aromatic heterocycles. The normalized spacial score (nSPS) is 16.5. The number of aryl methyl sites for hydroxylation is 2. The van der Waals surface area contributed by atoms with Crippen LogP contribution in [0.25, 0.3) is 4.96 Å². The Morgan fingerprint density at radius 1 is 1.21 bits per heavy atom. The van der Waals surface area contributed by atoms with Crippen LogP contribution in [-0.2, 0) is 11.3 Å². The van der Waals surface area contributed by atoms with E-state index in [0.29, 0.717) is 6.54 Å². The summed E-state index contributed by atoms with van der Waals surface area (Å²) < 4.78 is 7.15. The van der Waals surface area contributed by atoms with Crippen LogP contribution in [0, 0.1) is 13.8 Å². The Hall–Kier alpha value is -2.06. The molecule has 1 aromatic carbocycles. The smallest absolute Gasteiger partial charge is 0.259 e. The van der Waals surface area contributed by atoms with Crippen molar-refractivity contribution < 1.29 is 4.74 Å². The summed E-state index contributed by atoms with van der Waals surface area (Å²) in [5.41, 5.74) is 4.21. The number of aromatic nitrogens is 2. The van der Waals surface area contributed by atoms with Crippen molar-refractivity contribution in [2.45, 2.75) is 26.4 Å². The van der Waals surface area contributed by atoms with Crippen LogP contribution in [0.15, 0.2) is 40.5 Å². The molecular formula is C21H26N4O2S. The number of ether oxygens (including phenoxy) is 1. The second kappa shape index (κ2) is 8.53. The van der Waals surface area contributed by atoms with E-state index in [0.717, 1.165) is 49.2 Å². The third-order valence-electron chi connectivity index (χ3n) is 5.18. The molecule has 0 aliphatic carbocycles. The maximum atomic E-state index is 12.4. The van der Waals surface area contributed by atoms with Crippen LogP contribution in [0.2, 0.25) is 0 Å². The average Bonchev–Trinajstić information content (AvgIpc) is 3.08. The minimum atomic E-state index is -0.0133. The lowest BCUT2D eigenvalue weighted by molar-refractivity contribution is 0.0333. The number of hydrogen-bond acceptors (Lipinski definition) is 6. The zero-order chi connectivity index (χ0) is 19.5. The molecule has 148 valence electrons. The lowest BCUT2D eigenvalue weighted by Gasteiger charge is -2.31. The number of hydrogen-bond donors (Lipinski definition) is 1. The molecule has 3 aromatic rings. The highest BCUT2D eigenvalue weighted by atomic mass is 32.1. The van der Waals surface area contributed by atoms with Crippen molar-refractivity contribution in [3.05, 3.63) is 68.6 Å². The van der Waals surface area contributed by atoms with Gasteiger partial charge in [-0.15, -0.1) is 11.3 Å². The quantitative estimate of drug-likeness (QED) is 0.692. The van der Waals surface area contributed by atoms with Gasteiger partial charge in [-0.1, -0.05) is 29.8 Å². The SMILES string of the molecule is Cc1ccc([C@@H](CN2CCOCC2)NCc2cc(=O)n3c(C)csc3n2)cc1. The van der Waals surface area contributed by atoms with E-state index < -0.39 is 0 Å². The van der Waals surface area contributed by atoms with Crippen molar-refractivity contribution in [3.8, 4) is 0 Å². The summed E-state index contributed by atoms with van der Waals surface area (Å²) in [5.74, 6) is 0. The summed E-state index contributed by atoms with van der Waals surface area (Å²) in [6, 6.07) is 10.5. The Morgan fingerprint density at radius 2 is 1.96 bits per heavy atom. The topological polar surface area (TPSA) is 58.9 Å². The van der Waals surface area contributed by atoms with Gasteiger partial charge in [-0.2, -0.15) is 0 Å². The third-order valence-corrected chi connectivity index (χ3v) is 6.13. The molecule has 1 aliphatic heterocycles. The van der Waals surface area contributed by atoms with E-state index in [4.69, 9.17) is 4.74 Å². The number of benzene rings is 1. The van der Waals surface area contributed by atoms with Gasteiger partial charge in [0.1, 0.15) is 0 Å². The number of nitrogens with zero attached hydrogens (tertiary/aromatic N) is 3. The van der Waals surface area contributed by atoms with E-state index in [9.17, 15) is 4.79 Å². The summed E-state index contributed by atoms with van der Waals surface area (Å²) in [6.45, 7) is 8.97. The van der Waals surface area contributed by atoms with Crippen molar-refractivity contribution in [2.24, 2.45) is 0 Å². The molecule has 4 rings (SSSR count). The minimum absolute atomic E-state index is 0.0133. The lowest BCUT2D eigenvalue weighted by atomic mass is 10.0. The van der Waals surface area contributed by atoms with Crippen molar-refractivity contribution in [2.75, 3.05) is 32.8 Å². The molecule has 1 aliphatic rings. The van der Waals surface area contributed by atoms with Crippen LogP contribution >= 0.6 is 11.3 Å². The third kappa shape index (κ3) is 4.33. The van der Waals surface area contributed by atoms with E-state index >= 15 is 0 Å². The summed E-state index contributed by atoms with van der Waals surface area (Å²) in [5, 5.41) is 5.60. The first-order valence-electron chi connectivity index (χ1n) is 9.67. The Morgan fingerprint density at radius 3 is 2.71 bits per heavy atom. The van der Waals surface area contributed by atoms with Gasteiger partial charge in [0, 0.05) is 49.4 Å². The molecule has 1 saturated heterocycles. The second-order valence-corrected chi connectivity index (χ2v) is 8.17.